The van der Waals surface area contributed by atoms with E-state index in [1.54, 1.807) is 60.3 Å². The maximum atomic E-state index is 13.2. The number of rotatable bonds is 14. The molecule has 10 nitrogen and oxygen atoms in total. The molecule has 0 aliphatic rings. The van der Waals surface area contributed by atoms with Gasteiger partial charge in [-0.25, -0.2) is 9.37 Å². The highest BCUT2D eigenvalue weighted by Gasteiger charge is 2.21. The van der Waals surface area contributed by atoms with E-state index in [9.17, 15) is 18.8 Å². The molecule has 3 heterocycles. The summed E-state index contributed by atoms with van der Waals surface area (Å²) in [5.41, 5.74) is 2.90. The third-order valence-electron chi connectivity index (χ3n) is 7.01. The van der Waals surface area contributed by atoms with E-state index < -0.39 is 5.91 Å². The van der Waals surface area contributed by atoms with Crippen LogP contribution in [0.4, 0.5) is 15.2 Å². The topological polar surface area (TPSA) is 121 Å². The summed E-state index contributed by atoms with van der Waals surface area (Å²) in [6.07, 6.45) is 9.08. The second-order valence-electron chi connectivity index (χ2n) is 11.6. The molecule has 1 aromatic carbocycles. The molecule has 242 valence electrons. The van der Waals surface area contributed by atoms with Gasteiger partial charge in [0.05, 0.1) is 16.9 Å². The highest BCUT2D eigenvalue weighted by molar-refractivity contribution is 7.16. The highest BCUT2D eigenvalue weighted by atomic mass is 32.1. The standard InChI is InChI=1S/C34H40FN7O3S/c1-22(2)7-16-29-30(33(45)36-17-6-18-41(3)4)39-34(46-29)40-32(44)28-19-27(21-42(28)5)38-31(43)24-11-15-26(37-20-24)14-10-23-8-12-25(35)13-9-23/h8-15,19-22H,6-7,16-18H2,1-5H3,(H,36,45)(H,38,43)(H,39,40,44)/b14-10+. The molecular formula is C34H40FN7O3S. The molecule has 4 aromatic rings. The molecule has 0 spiro atoms. The normalized spacial score (nSPS) is 11.4. The van der Waals surface area contributed by atoms with Gasteiger partial charge in [-0.3, -0.25) is 24.7 Å². The predicted molar refractivity (Wildman–Crippen MR) is 182 cm³/mol. The van der Waals surface area contributed by atoms with Crippen molar-refractivity contribution < 1.29 is 18.8 Å². The van der Waals surface area contributed by atoms with Gasteiger partial charge >= 0.3 is 0 Å². The number of anilines is 2. The lowest BCUT2D eigenvalue weighted by atomic mass is 10.1. The third kappa shape index (κ3) is 9.91. The van der Waals surface area contributed by atoms with Gasteiger partial charge in [-0.05, 0) is 87.8 Å². The van der Waals surface area contributed by atoms with Crippen molar-refractivity contribution in [3.05, 3.63) is 93.8 Å². The number of nitrogens with one attached hydrogen (secondary N) is 3. The van der Waals surface area contributed by atoms with Gasteiger partial charge in [-0.2, -0.15) is 0 Å². The number of thiazole rings is 1. The van der Waals surface area contributed by atoms with Crippen LogP contribution in [0.2, 0.25) is 0 Å². The zero-order valence-electron chi connectivity index (χ0n) is 26.8. The van der Waals surface area contributed by atoms with Gasteiger partial charge in [0.25, 0.3) is 17.7 Å². The van der Waals surface area contributed by atoms with Crippen LogP contribution in [0.3, 0.4) is 0 Å². The predicted octanol–water partition coefficient (Wildman–Crippen LogP) is 5.96. The second kappa shape index (κ2) is 16.1. The Morgan fingerprint density at radius 3 is 2.46 bits per heavy atom. The summed E-state index contributed by atoms with van der Waals surface area (Å²) in [5, 5.41) is 8.92. The molecule has 0 fully saturated rings. The molecule has 0 saturated carbocycles. The summed E-state index contributed by atoms with van der Waals surface area (Å²) < 4.78 is 14.7. The van der Waals surface area contributed by atoms with Crippen LogP contribution in [0, 0.1) is 11.7 Å². The van der Waals surface area contributed by atoms with E-state index in [-0.39, 0.29) is 17.6 Å². The molecule has 0 radical (unpaired) electrons. The maximum Gasteiger partial charge on any atom is 0.274 e. The van der Waals surface area contributed by atoms with Crippen molar-refractivity contribution in [1.29, 1.82) is 0 Å². The van der Waals surface area contributed by atoms with Crippen LogP contribution >= 0.6 is 11.3 Å². The number of carbonyl (C=O) groups excluding carboxylic acids is 3. The average Bonchev–Trinajstić information content (AvgIpc) is 3.60. The van der Waals surface area contributed by atoms with Gasteiger partial charge < -0.3 is 20.1 Å². The van der Waals surface area contributed by atoms with Crippen LogP contribution in [-0.2, 0) is 13.5 Å². The second-order valence-corrected chi connectivity index (χ2v) is 12.7. The number of carbonyl (C=O) groups is 3. The lowest BCUT2D eigenvalue weighted by Gasteiger charge is -2.10. The molecule has 0 bridgehead atoms. The Hall–Kier alpha value is -4.68. The number of amides is 3. The molecule has 3 aromatic heterocycles. The first-order chi connectivity index (χ1) is 22.0. The van der Waals surface area contributed by atoms with E-state index in [1.165, 1.54) is 29.7 Å². The number of aromatic nitrogens is 3. The first-order valence-electron chi connectivity index (χ1n) is 15.1. The van der Waals surface area contributed by atoms with Gasteiger partial charge in [0.2, 0.25) is 0 Å². The number of hydrogen-bond donors (Lipinski definition) is 3. The van der Waals surface area contributed by atoms with Crippen LogP contribution in [0.1, 0.15) is 74.2 Å². The maximum absolute atomic E-state index is 13.2. The first kappa shape index (κ1) is 34.2. The van der Waals surface area contributed by atoms with E-state index in [2.05, 4.69) is 44.7 Å². The number of aryl methyl sites for hydroxylation is 2. The first-order valence-corrected chi connectivity index (χ1v) is 15.9. The Morgan fingerprint density at radius 2 is 1.78 bits per heavy atom. The van der Waals surface area contributed by atoms with Gasteiger partial charge in [0.1, 0.15) is 17.2 Å². The van der Waals surface area contributed by atoms with E-state index in [1.807, 2.05) is 14.1 Å². The number of benzene rings is 1. The molecule has 0 atom stereocenters. The molecule has 0 aliphatic heterocycles. The average molecular weight is 646 g/mol. The van der Waals surface area contributed by atoms with Crippen LogP contribution in [-0.4, -0.2) is 64.3 Å². The van der Waals surface area contributed by atoms with Crippen molar-refractivity contribution >= 4 is 52.0 Å². The van der Waals surface area contributed by atoms with Crippen LogP contribution in [0.25, 0.3) is 12.2 Å². The van der Waals surface area contributed by atoms with Crippen LogP contribution in [0.5, 0.6) is 0 Å². The number of nitrogens with zero attached hydrogens (tertiary/aromatic N) is 4. The van der Waals surface area contributed by atoms with E-state index in [0.717, 1.165) is 29.8 Å². The SMILES string of the molecule is CC(C)CCc1sc(NC(=O)c2cc(NC(=O)c3ccc(/C=C/c4ccc(F)cc4)nc3)cn2C)nc1C(=O)NCCCN(C)C. The Kier molecular flexibility index (Phi) is 11.9. The van der Waals surface area contributed by atoms with E-state index in [0.29, 0.717) is 52.3 Å². The number of hydrogen-bond acceptors (Lipinski definition) is 7. The summed E-state index contributed by atoms with van der Waals surface area (Å²) >= 11 is 1.30. The Balaban J connectivity index is 1.39. The molecule has 0 saturated heterocycles. The van der Waals surface area contributed by atoms with Crippen molar-refractivity contribution in [2.45, 2.75) is 33.1 Å². The van der Waals surface area contributed by atoms with Crippen molar-refractivity contribution in [2.24, 2.45) is 13.0 Å². The fourth-order valence-corrected chi connectivity index (χ4v) is 5.44. The zero-order chi connectivity index (χ0) is 33.2. The largest absolute Gasteiger partial charge is 0.351 e. The summed E-state index contributed by atoms with van der Waals surface area (Å²) in [6, 6.07) is 11.0. The summed E-state index contributed by atoms with van der Waals surface area (Å²) in [6.45, 7) is 5.64. The fraction of sp³-hybridized carbons (Fsp3) is 0.324. The molecule has 3 amide bonds. The molecule has 0 aliphatic carbocycles. The molecule has 12 heteroatoms. The molecule has 4 rings (SSSR count). The van der Waals surface area contributed by atoms with Crippen LogP contribution in [0.15, 0.2) is 54.9 Å². The third-order valence-corrected chi connectivity index (χ3v) is 8.04. The summed E-state index contributed by atoms with van der Waals surface area (Å²) in [7, 11) is 5.68. The van der Waals surface area contributed by atoms with Crippen molar-refractivity contribution in [3.63, 3.8) is 0 Å². The minimum absolute atomic E-state index is 0.246. The molecule has 3 N–H and O–H groups in total. The Labute approximate surface area is 272 Å². The van der Waals surface area contributed by atoms with Crippen molar-refractivity contribution in [3.8, 4) is 0 Å². The minimum Gasteiger partial charge on any atom is -0.351 e. The van der Waals surface area contributed by atoms with Gasteiger partial charge in [0.15, 0.2) is 5.13 Å². The summed E-state index contributed by atoms with van der Waals surface area (Å²) in [4.78, 5) is 50.8. The monoisotopic (exact) mass is 645 g/mol. The lowest BCUT2D eigenvalue weighted by Crippen LogP contribution is -2.28. The molecule has 46 heavy (non-hydrogen) atoms. The number of halogens is 1. The zero-order valence-corrected chi connectivity index (χ0v) is 27.6. The quantitative estimate of drug-likeness (QED) is 0.146. The number of pyridine rings is 1. The minimum atomic E-state index is -0.413. The van der Waals surface area contributed by atoms with Crippen molar-refractivity contribution in [1.82, 2.24) is 24.8 Å². The Morgan fingerprint density at radius 1 is 1.02 bits per heavy atom. The van der Waals surface area contributed by atoms with Gasteiger partial charge in [-0.15, -0.1) is 11.3 Å². The van der Waals surface area contributed by atoms with E-state index >= 15 is 0 Å². The van der Waals surface area contributed by atoms with E-state index in [4.69, 9.17) is 0 Å². The molecule has 0 unspecified atom stereocenters. The fourth-order valence-electron chi connectivity index (χ4n) is 4.47. The van der Waals surface area contributed by atoms with Gasteiger partial charge in [-0.1, -0.05) is 32.1 Å². The molecular weight excluding hydrogens is 605 g/mol. The summed E-state index contributed by atoms with van der Waals surface area (Å²) in [5.74, 6) is -0.890. The van der Waals surface area contributed by atoms with Crippen LogP contribution < -0.4 is 16.0 Å². The van der Waals surface area contributed by atoms with Crippen molar-refractivity contribution in [2.75, 3.05) is 37.8 Å². The Bertz CT molecular complexity index is 1680. The van der Waals surface area contributed by atoms with Gasteiger partial charge in [0, 0.05) is 30.9 Å². The highest BCUT2D eigenvalue weighted by Crippen LogP contribution is 2.27. The smallest absolute Gasteiger partial charge is 0.274 e. The lowest BCUT2D eigenvalue weighted by molar-refractivity contribution is 0.0944.